The lowest BCUT2D eigenvalue weighted by Crippen LogP contribution is -2.51. The van der Waals surface area contributed by atoms with E-state index in [1.165, 1.54) is 12.1 Å². The molecule has 1 saturated heterocycles. The second-order valence-electron chi connectivity index (χ2n) is 6.45. The maximum Gasteiger partial charge on any atom is 0.235 e. The maximum absolute atomic E-state index is 14.0. The molecule has 6 nitrogen and oxygen atoms in total. The van der Waals surface area contributed by atoms with Gasteiger partial charge in [-0.05, 0) is 42.0 Å². The van der Waals surface area contributed by atoms with E-state index in [1.54, 1.807) is 18.2 Å². The van der Waals surface area contributed by atoms with Crippen molar-refractivity contribution in [2.75, 3.05) is 18.5 Å². The summed E-state index contributed by atoms with van der Waals surface area (Å²) in [5.74, 6) is -0.387. The third-order valence-electron chi connectivity index (χ3n) is 4.61. The van der Waals surface area contributed by atoms with Crippen molar-refractivity contribution in [3.8, 4) is 11.5 Å². The fraction of sp³-hybridized carbons (Fsp3) is 0.200. The number of carbonyl (C=O) groups is 1. The largest absolute Gasteiger partial charge is 0.486 e. The van der Waals surface area contributed by atoms with Crippen LogP contribution in [-0.4, -0.2) is 24.2 Å². The van der Waals surface area contributed by atoms with Crippen LogP contribution in [0.5, 0.6) is 11.5 Å². The molecule has 2 atom stereocenters. The van der Waals surface area contributed by atoms with Gasteiger partial charge in [-0.1, -0.05) is 24.8 Å². The minimum absolute atomic E-state index is 0.106. The van der Waals surface area contributed by atoms with E-state index in [0.717, 1.165) is 5.56 Å². The Labute approximate surface area is 166 Å². The minimum atomic E-state index is -0.728. The third kappa shape index (κ3) is 3.50. The Bertz CT molecular complexity index is 965. The van der Waals surface area contributed by atoms with Crippen molar-refractivity contribution in [1.29, 1.82) is 0 Å². The summed E-state index contributed by atoms with van der Waals surface area (Å²) in [6.07, 6.45) is 0. The second-order valence-corrected chi connectivity index (χ2v) is 6.86. The van der Waals surface area contributed by atoms with Crippen LogP contribution < -0.4 is 25.4 Å². The van der Waals surface area contributed by atoms with Crippen LogP contribution in [0.3, 0.4) is 0 Å². The Morgan fingerprint density at radius 1 is 1.18 bits per heavy atom. The fourth-order valence-corrected chi connectivity index (χ4v) is 3.56. The van der Waals surface area contributed by atoms with Crippen LogP contribution in [0.2, 0.25) is 0 Å². The highest BCUT2D eigenvalue weighted by molar-refractivity contribution is 7.80. The lowest BCUT2D eigenvalue weighted by atomic mass is 9.88. The lowest BCUT2D eigenvalue weighted by Gasteiger charge is -2.35. The molecule has 2 aliphatic heterocycles. The molecular formula is C20H18FN3O3S. The van der Waals surface area contributed by atoms with Gasteiger partial charge in [0, 0.05) is 5.70 Å². The summed E-state index contributed by atoms with van der Waals surface area (Å²) in [6, 6.07) is 11.0. The van der Waals surface area contributed by atoms with Crippen molar-refractivity contribution in [2.45, 2.75) is 6.04 Å². The van der Waals surface area contributed by atoms with Crippen molar-refractivity contribution in [2.24, 2.45) is 5.92 Å². The molecule has 3 N–H and O–H groups in total. The molecule has 144 valence electrons. The van der Waals surface area contributed by atoms with Crippen LogP contribution in [0, 0.1) is 11.7 Å². The Kier molecular flexibility index (Phi) is 4.87. The van der Waals surface area contributed by atoms with Crippen LogP contribution in [0.25, 0.3) is 0 Å². The van der Waals surface area contributed by atoms with Gasteiger partial charge in [-0.3, -0.25) is 4.79 Å². The number of benzene rings is 2. The highest BCUT2D eigenvalue weighted by Crippen LogP contribution is 2.37. The molecule has 0 aromatic heterocycles. The van der Waals surface area contributed by atoms with Crippen molar-refractivity contribution in [1.82, 2.24) is 10.6 Å². The van der Waals surface area contributed by atoms with Gasteiger partial charge >= 0.3 is 0 Å². The van der Waals surface area contributed by atoms with Gasteiger partial charge in [-0.2, -0.15) is 0 Å². The average Bonchev–Trinajstić information content (AvgIpc) is 2.68. The Morgan fingerprint density at radius 2 is 1.93 bits per heavy atom. The number of nitrogens with one attached hydrogen (secondary N) is 3. The summed E-state index contributed by atoms with van der Waals surface area (Å²) < 4.78 is 25.2. The molecule has 0 aliphatic carbocycles. The first kappa shape index (κ1) is 18.2. The summed E-state index contributed by atoms with van der Waals surface area (Å²) >= 11 is 5.24. The monoisotopic (exact) mass is 399 g/mol. The van der Waals surface area contributed by atoms with Gasteiger partial charge in [0.15, 0.2) is 16.6 Å². The first-order valence-electron chi connectivity index (χ1n) is 8.74. The Balaban J connectivity index is 1.65. The smallest absolute Gasteiger partial charge is 0.235 e. The summed E-state index contributed by atoms with van der Waals surface area (Å²) in [7, 11) is 0. The van der Waals surface area contributed by atoms with E-state index in [-0.39, 0.29) is 5.69 Å². The number of anilines is 1. The van der Waals surface area contributed by atoms with E-state index in [9.17, 15) is 9.18 Å². The Morgan fingerprint density at radius 3 is 2.71 bits per heavy atom. The molecular weight excluding hydrogens is 381 g/mol. The van der Waals surface area contributed by atoms with Gasteiger partial charge in [0.05, 0.1) is 11.7 Å². The van der Waals surface area contributed by atoms with Crippen molar-refractivity contribution in [3.63, 3.8) is 0 Å². The molecule has 28 heavy (non-hydrogen) atoms. The molecule has 0 radical (unpaired) electrons. The molecule has 4 rings (SSSR count). The quantitative estimate of drug-likeness (QED) is 0.690. The number of fused-ring (bicyclic) bond motifs is 1. The number of rotatable bonds is 3. The van der Waals surface area contributed by atoms with Crippen molar-refractivity contribution >= 4 is 28.9 Å². The van der Waals surface area contributed by atoms with Gasteiger partial charge < -0.3 is 25.4 Å². The highest BCUT2D eigenvalue weighted by Gasteiger charge is 2.37. The van der Waals surface area contributed by atoms with E-state index in [4.69, 9.17) is 21.7 Å². The molecule has 2 aromatic rings. The topological polar surface area (TPSA) is 71.6 Å². The summed E-state index contributed by atoms with van der Waals surface area (Å²) in [4.78, 5) is 13.0. The van der Waals surface area contributed by atoms with Gasteiger partial charge in [-0.15, -0.1) is 0 Å². The molecule has 1 amide bonds. The number of thiocarbonyl (C=S) groups is 1. The van der Waals surface area contributed by atoms with Crippen molar-refractivity contribution in [3.05, 3.63) is 66.1 Å². The second kappa shape index (κ2) is 7.47. The van der Waals surface area contributed by atoms with Crippen molar-refractivity contribution < 1.29 is 18.7 Å². The lowest BCUT2D eigenvalue weighted by molar-refractivity contribution is -0.119. The molecule has 0 spiro atoms. The zero-order valence-corrected chi connectivity index (χ0v) is 15.6. The molecule has 0 unspecified atom stereocenters. The van der Waals surface area contributed by atoms with E-state index >= 15 is 0 Å². The summed E-state index contributed by atoms with van der Waals surface area (Å²) in [6.45, 7) is 4.89. The van der Waals surface area contributed by atoms with Crippen LogP contribution in [0.1, 0.15) is 11.6 Å². The van der Waals surface area contributed by atoms with Gasteiger partial charge in [0.25, 0.3) is 0 Å². The molecule has 2 aliphatic rings. The van der Waals surface area contributed by atoms with Crippen LogP contribution in [0.4, 0.5) is 10.1 Å². The summed E-state index contributed by atoms with van der Waals surface area (Å²) in [5, 5.41) is 8.99. The zero-order valence-electron chi connectivity index (χ0n) is 14.8. The van der Waals surface area contributed by atoms with Gasteiger partial charge in [-0.25, -0.2) is 4.39 Å². The minimum Gasteiger partial charge on any atom is -0.486 e. The molecule has 2 heterocycles. The summed E-state index contributed by atoms with van der Waals surface area (Å²) in [5.41, 5.74) is 1.31. The molecule has 2 aromatic carbocycles. The SMILES string of the molecule is C=C1NC(=S)N[C@@H](c2ccc3c(c2)OCCO3)[C@@H]1C(=O)Nc1ccccc1F. The fourth-order valence-electron chi connectivity index (χ4n) is 3.30. The molecule has 1 fully saturated rings. The van der Waals surface area contributed by atoms with Crippen LogP contribution in [0.15, 0.2) is 54.7 Å². The van der Waals surface area contributed by atoms with E-state index in [2.05, 4.69) is 22.5 Å². The molecule has 0 saturated carbocycles. The standard InChI is InChI=1S/C20H18FN3O3S/c1-11-17(19(25)23-14-5-3-2-4-13(14)21)18(24-20(28)22-11)12-6-7-15-16(10-12)27-9-8-26-15/h2-7,10,17-18H,1,8-9H2,(H,23,25)(H2,22,24,28)/t17-,18+/m1/s1. The highest BCUT2D eigenvalue weighted by atomic mass is 32.1. The number of para-hydroxylation sites is 1. The number of amides is 1. The first-order chi connectivity index (χ1) is 13.5. The van der Waals surface area contributed by atoms with Gasteiger partial charge in [0.1, 0.15) is 24.9 Å². The van der Waals surface area contributed by atoms with Gasteiger partial charge in [0.2, 0.25) is 5.91 Å². The number of carbonyl (C=O) groups excluding carboxylic acids is 1. The van der Waals surface area contributed by atoms with E-state index < -0.39 is 23.7 Å². The number of hydrogen-bond donors (Lipinski definition) is 3. The van der Waals surface area contributed by atoms with E-state index in [1.807, 2.05) is 12.1 Å². The average molecular weight is 399 g/mol. The Hall–Kier alpha value is -3.13. The maximum atomic E-state index is 14.0. The number of halogens is 1. The zero-order chi connectivity index (χ0) is 19.7. The number of ether oxygens (including phenoxy) is 2. The normalized spacial score (nSPS) is 20.8. The van der Waals surface area contributed by atoms with Crippen LogP contribution in [-0.2, 0) is 4.79 Å². The third-order valence-corrected chi connectivity index (χ3v) is 4.83. The number of hydrogen-bond acceptors (Lipinski definition) is 4. The van der Waals surface area contributed by atoms with Crippen LogP contribution >= 0.6 is 12.2 Å². The molecule has 0 bridgehead atoms. The van der Waals surface area contributed by atoms with E-state index in [0.29, 0.717) is 35.5 Å². The predicted molar refractivity (Wildman–Crippen MR) is 107 cm³/mol. The molecule has 8 heteroatoms. The predicted octanol–water partition coefficient (Wildman–Crippen LogP) is 2.88. The first-order valence-corrected chi connectivity index (χ1v) is 9.15.